The van der Waals surface area contributed by atoms with Crippen LogP contribution in [-0.2, 0) is 0 Å². The van der Waals surface area contributed by atoms with E-state index in [1.54, 1.807) is 11.3 Å². The second-order valence-electron chi connectivity index (χ2n) is 4.30. The first kappa shape index (κ1) is 12.8. The summed E-state index contributed by atoms with van der Waals surface area (Å²) in [5.41, 5.74) is 6.71. The predicted octanol–water partition coefficient (Wildman–Crippen LogP) is 2.61. The van der Waals surface area contributed by atoms with Crippen molar-refractivity contribution in [1.82, 2.24) is 15.0 Å². The highest BCUT2D eigenvalue weighted by atomic mass is 32.1. The molecule has 0 amide bonds. The molecule has 0 bridgehead atoms. The SMILES string of the molecule is Cc1nc(N)c(C)c(NC(C)c2ncc(C)s2)n1. The average Bonchev–Trinajstić information content (AvgIpc) is 2.72. The average molecular weight is 263 g/mol. The molecule has 0 radical (unpaired) electrons. The molecule has 2 aromatic heterocycles. The van der Waals surface area contributed by atoms with Crippen LogP contribution < -0.4 is 11.1 Å². The minimum atomic E-state index is 0.107. The minimum Gasteiger partial charge on any atom is -0.383 e. The maximum Gasteiger partial charge on any atom is 0.135 e. The van der Waals surface area contributed by atoms with Gasteiger partial charge in [-0.05, 0) is 27.7 Å². The van der Waals surface area contributed by atoms with E-state index in [0.29, 0.717) is 11.6 Å². The topological polar surface area (TPSA) is 76.7 Å². The Morgan fingerprint density at radius 1 is 1.28 bits per heavy atom. The van der Waals surface area contributed by atoms with Crippen molar-refractivity contribution in [3.63, 3.8) is 0 Å². The quantitative estimate of drug-likeness (QED) is 0.890. The number of nitrogen functional groups attached to an aromatic ring is 1. The number of thiazole rings is 1. The number of aryl methyl sites for hydroxylation is 2. The van der Waals surface area contributed by atoms with Crippen molar-refractivity contribution in [2.24, 2.45) is 0 Å². The van der Waals surface area contributed by atoms with Gasteiger partial charge in [-0.25, -0.2) is 15.0 Å². The van der Waals surface area contributed by atoms with Crippen molar-refractivity contribution in [2.45, 2.75) is 33.7 Å². The van der Waals surface area contributed by atoms with Gasteiger partial charge in [-0.1, -0.05) is 0 Å². The number of nitrogens with two attached hydrogens (primary N) is 1. The van der Waals surface area contributed by atoms with E-state index in [9.17, 15) is 0 Å². The zero-order valence-electron chi connectivity index (χ0n) is 11.0. The van der Waals surface area contributed by atoms with E-state index in [4.69, 9.17) is 5.73 Å². The van der Waals surface area contributed by atoms with Gasteiger partial charge < -0.3 is 11.1 Å². The van der Waals surface area contributed by atoms with Crippen LogP contribution in [0.4, 0.5) is 11.6 Å². The highest BCUT2D eigenvalue weighted by Crippen LogP contribution is 2.25. The van der Waals surface area contributed by atoms with Crippen LogP contribution in [0.25, 0.3) is 0 Å². The van der Waals surface area contributed by atoms with Crippen LogP contribution in [0.1, 0.15) is 34.2 Å². The standard InChI is InChI=1S/C12H17N5S/c1-6-5-14-12(18-6)8(3)15-11-7(2)10(13)16-9(4)17-11/h5,8H,1-4H3,(H3,13,15,16,17). The Labute approximate surface area is 111 Å². The lowest BCUT2D eigenvalue weighted by molar-refractivity contribution is 0.851. The van der Waals surface area contributed by atoms with E-state index in [1.165, 1.54) is 4.88 Å². The Morgan fingerprint density at radius 3 is 2.61 bits per heavy atom. The minimum absolute atomic E-state index is 0.107. The molecule has 0 spiro atoms. The van der Waals surface area contributed by atoms with Crippen LogP contribution in [-0.4, -0.2) is 15.0 Å². The monoisotopic (exact) mass is 263 g/mol. The number of rotatable bonds is 3. The summed E-state index contributed by atoms with van der Waals surface area (Å²) in [6.45, 7) is 7.85. The lowest BCUT2D eigenvalue weighted by Gasteiger charge is -2.15. The van der Waals surface area contributed by atoms with Gasteiger partial charge in [0.1, 0.15) is 22.5 Å². The van der Waals surface area contributed by atoms with Gasteiger partial charge in [0.25, 0.3) is 0 Å². The number of anilines is 2. The van der Waals surface area contributed by atoms with Crippen LogP contribution in [0.15, 0.2) is 6.20 Å². The third-order valence-electron chi connectivity index (χ3n) is 2.66. The summed E-state index contributed by atoms with van der Waals surface area (Å²) in [5, 5.41) is 4.38. The van der Waals surface area contributed by atoms with E-state index >= 15 is 0 Å². The van der Waals surface area contributed by atoms with Crippen molar-refractivity contribution >= 4 is 23.0 Å². The number of hydrogen-bond acceptors (Lipinski definition) is 6. The normalized spacial score (nSPS) is 12.4. The molecule has 0 aromatic carbocycles. The maximum absolute atomic E-state index is 5.84. The van der Waals surface area contributed by atoms with Crippen molar-refractivity contribution < 1.29 is 0 Å². The largest absolute Gasteiger partial charge is 0.383 e. The van der Waals surface area contributed by atoms with Gasteiger partial charge in [0.15, 0.2) is 0 Å². The highest BCUT2D eigenvalue weighted by Gasteiger charge is 2.13. The molecule has 0 fully saturated rings. The smallest absolute Gasteiger partial charge is 0.135 e. The molecule has 1 unspecified atom stereocenters. The Kier molecular flexibility index (Phi) is 3.47. The molecule has 0 saturated carbocycles. The Bertz CT molecular complexity index is 564. The summed E-state index contributed by atoms with van der Waals surface area (Å²) in [7, 11) is 0. The Hall–Kier alpha value is -1.69. The van der Waals surface area contributed by atoms with Crippen molar-refractivity contribution in [3.05, 3.63) is 27.5 Å². The molecule has 0 aliphatic rings. The third kappa shape index (κ3) is 2.59. The molecule has 0 aliphatic heterocycles. The number of nitrogens with one attached hydrogen (secondary N) is 1. The van der Waals surface area contributed by atoms with E-state index in [1.807, 2.05) is 27.0 Å². The number of aromatic nitrogens is 3. The molecule has 3 N–H and O–H groups in total. The molecule has 96 valence electrons. The van der Waals surface area contributed by atoms with Gasteiger partial charge >= 0.3 is 0 Å². The first-order valence-electron chi connectivity index (χ1n) is 5.77. The number of nitrogens with zero attached hydrogens (tertiary/aromatic N) is 3. The fraction of sp³-hybridized carbons (Fsp3) is 0.417. The fourth-order valence-electron chi connectivity index (χ4n) is 1.63. The van der Waals surface area contributed by atoms with Crippen LogP contribution in [0.5, 0.6) is 0 Å². The maximum atomic E-state index is 5.84. The second kappa shape index (κ2) is 4.89. The molecule has 2 heterocycles. The van der Waals surface area contributed by atoms with Crippen LogP contribution in [0, 0.1) is 20.8 Å². The van der Waals surface area contributed by atoms with Gasteiger partial charge in [-0.3, -0.25) is 0 Å². The molecular weight excluding hydrogens is 246 g/mol. The van der Waals surface area contributed by atoms with E-state index in [0.717, 1.165) is 16.4 Å². The Balaban J connectivity index is 2.24. The molecule has 2 rings (SSSR count). The van der Waals surface area contributed by atoms with Gasteiger partial charge in [-0.15, -0.1) is 11.3 Å². The Morgan fingerprint density at radius 2 is 2.00 bits per heavy atom. The van der Waals surface area contributed by atoms with E-state index in [2.05, 4.69) is 27.2 Å². The van der Waals surface area contributed by atoms with Gasteiger partial charge in [0.05, 0.1) is 6.04 Å². The molecular formula is C12H17N5S. The van der Waals surface area contributed by atoms with Crippen molar-refractivity contribution in [1.29, 1.82) is 0 Å². The number of hydrogen-bond donors (Lipinski definition) is 2. The predicted molar refractivity (Wildman–Crippen MR) is 74.8 cm³/mol. The van der Waals surface area contributed by atoms with Crippen LogP contribution in [0.3, 0.4) is 0 Å². The van der Waals surface area contributed by atoms with Crippen LogP contribution >= 0.6 is 11.3 Å². The molecule has 0 saturated heterocycles. The first-order chi connectivity index (χ1) is 8.47. The summed E-state index contributed by atoms with van der Waals surface area (Å²) < 4.78 is 0. The highest BCUT2D eigenvalue weighted by molar-refractivity contribution is 7.11. The van der Waals surface area contributed by atoms with Gasteiger partial charge in [0, 0.05) is 16.6 Å². The molecule has 5 nitrogen and oxygen atoms in total. The lowest BCUT2D eigenvalue weighted by Crippen LogP contribution is -2.11. The van der Waals surface area contributed by atoms with Crippen molar-refractivity contribution in [3.8, 4) is 0 Å². The zero-order valence-corrected chi connectivity index (χ0v) is 11.8. The molecule has 2 aromatic rings. The summed E-state index contributed by atoms with van der Waals surface area (Å²) in [6, 6.07) is 0.107. The molecule has 18 heavy (non-hydrogen) atoms. The van der Waals surface area contributed by atoms with E-state index < -0.39 is 0 Å². The van der Waals surface area contributed by atoms with E-state index in [-0.39, 0.29) is 6.04 Å². The van der Waals surface area contributed by atoms with Gasteiger partial charge in [-0.2, -0.15) is 0 Å². The first-order valence-corrected chi connectivity index (χ1v) is 6.58. The summed E-state index contributed by atoms with van der Waals surface area (Å²) in [5.74, 6) is 1.97. The zero-order chi connectivity index (χ0) is 13.3. The fourth-order valence-corrected chi connectivity index (χ4v) is 2.41. The van der Waals surface area contributed by atoms with Crippen LogP contribution in [0.2, 0.25) is 0 Å². The third-order valence-corrected chi connectivity index (χ3v) is 3.75. The summed E-state index contributed by atoms with van der Waals surface area (Å²) >= 11 is 1.68. The molecule has 1 atom stereocenters. The summed E-state index contributed by atoms with van der Waals surface area (Å²) in [6.07, 6.45) is 1.88. The second-order valence-corrected chi connectivity index (χ2v) is 5.57. The molecule has 6 heteroatoms. The molecule has 0 aliphatic carbocycles. The van der Waals surface area contributed by atoms with Crippen molar-refractivity contribution in [2.75, 3.05) is 11.1 Å². The lowest BCUT2D eigenvalue weighted by atomic mass is 10.2. The van der Waals surface area contributed by atoms with Gasteiger partial charge in [0.2, 0.25) is 0 Å². The summed E-state index contributed by atoms with van der Waals surface area (Å²) in [4.78, 5) is 14.1.